The van der Waals surface area contributed by atoms with Crippen molar-refractivity contribution in [2.24, 2.45) is 5.92 Å². The second-order valence-corrected chi connectivity index (χ2v) is 7.08. The lowest BCUT2D eigenvalue weighted by atomic mass is 9.77. The van der Waals surface area contributed by atoms with Crippen molar-refractivity contribution in [1.82, 2.24) is 0 Å². The predicted octanol–water partition coefficient (Wildman–Crippen LogP) is 6.13. The van der Waals surface area contributed by atoms with E-state index >= 15 is 0 Å². The lowest BCUT2D eigenvalue weighted by Gasteiger charge is -2.38. The van der Waals surface area contributed by atoms with Crippen molar-refractivity contribution in [2.75, 3.05) is 5.32 Å². The van der Waals surface area contributed by atoms with Gasteiger partial charge in [-0.3, -0.25) is 0 Å². The highest BCUT2D eigenvalue weighted by Crippen LogP contribution is 2.52. The maximum absolute atomic E-state index is 6.47. The molecule has 1 aliphatic heterocycles. The Hall–Kier alpha value is -1.44. The molecule has 0 spiro atoms. The number of benzene rings is 2. The lowest BCUT2D eigenvalue weighted by molar-refractivity contribution is 0.425. The Morgan fingerprint density at radius 2 is 1.86 bits per heavy atom. The van der Waals surface area contributed by atoms with Crippen LogP contribution >= 0.6 is 23.2 Å². The summed E-state index contributed by atoms with van der Waals surface area (Å²) in [6.45, 7) is 2.12. The first-order valence-electron chi connectivity index (χ1n) is 7.62. The predicted molar refractivity (Wildman–Crippen MR) is 94.0 cm³/mol. The van der Waals surface area contributed by atoms with E-state index in [9.17, 15) is 0 Å². The van der Waals surface area contributed by atoms with Crippen LogP contribution in [0.3, 0.4) is 0 Å². The van der Waals surface area contributed by atoms with Gasteiger partial charge in [-0.15, -0.1) is 0 Å². The third-order valence-corrected chi connectivity index (χ3v) is 5.35. The number of halogens is 2. The molecule has 2 aromatic rings. The van der Waals surface area contributed by atoms with Gasteiger partial charge >= 0.3 is 0 Å². The van der Waals surface area contributed by atoms with E-state index < -0.39 is 0 Å². The molecule has 1 nitrogen and oxygen atoms in total. The van der Waals surface area contributed by atoms with E-state index in [0.29, 0.717) is 22.9 Å². The Morgan fingerprint density at radius 3 is 2.64 bits per heavy atom. The van der Waals surface area contributed by atoms with E-state index in [2.05, 4.69) is 48.7 Å². The standard InChI is InChI=1S/C19H17Cl2N/c1-11-5-7-12(8-6-11)19-15-4-2-3-14(15)18-16(21)9-13(20)10-17(18)22-19/h2-3,5-10,14-15,19,22H,4H2,1H3/t14-,15+,19-/m0/s1. The minimum Gasteiger partial charge on any atom is -0.378 e. The van der Waals surface area contributed by atoms with E-state index in [-0.39, 0.29) is 0 Å². The van der Waals surface area contributed by atoms with Gasteiger partial charge in [0, 0.05) is 27.2 Å². The van der Waals surface area contributed by atoms with Crippen LogP contribution in [0.2, 0.25) is 10.0 Å². The number of fused-ring (bicyclic) bond motifs is 3. The van der Waals surface area contributed by atoms with Gasteiger partial charge in [-0.1, -0.05) is 65.2 Å². The molecule has 1 heterocycles. The van der Waals surface area contributed by atoms with Crippen LogP contribution in [0.4, 0.5) is 5.69 Å². The van der Waals surface area contributed by atoms with E-state index in [1.807, 2.05) is 12.1 Å². The van der Waals surface area contributed by atoms with Crippen LogP contribution in [0, 0.1) is 12.8 Å². The molecule has 0 aromatic heterocycles. The van der Waals surface area contributed by atoms with E-state index in [1.54, 1.807) is 0 Å². The summed E-state index contributed by atoms with van der Waals surface area (Å²) in [6, 6.07) is 12.9. The summed E-state index contributed by atoms with van der Waals surface area (Å²) in [5.74, 6) is 0.876. The van der Waals surface area contributed by atoms with E-state index in [1.165, 1.54) is 16.7 Å². The average molecular weight is 330 g/mol. The van der Waals surface area contributed by atoms with Crippen LogP contribution in [0.5, 0.6) is 0 Å². The molecule has 0 saturated carbocycles. The van der Waals surface area contributed by atoms with Gasteiger partial charge in [0.15, 0.2) is 0 Å². The zero-order chi connectivity index (χ0) is 15.3. The van der Waals surface area contributed by atoms with Crippen molar-refractivity contribution in [3.8, 4) is 0 Å². The van der Waals surface area contributed by atoms with Gasteiger partial charge in [0.1, 0.15) is 0 Å². The highest BCUT2D eigenvalue weighted by atomic mass is 35.5. The largest absolute Gasteiger partial charge is 0.378 e. The number of allylic oxidation sites excluding steroid dienone is 2. The van der Waals surface area contributed by atoms with Gasteiger partial charge in [0.25, 0.3) is 0 Å². The van der Waals surface area contributed by atoms with Crippen LogP contribution in [0.15, 0.2) is 48.6 Å². The first kappa shape index (κ1) is 14.2. The number of hydrogen-bond acceptors (Lipinski definition) is 1. The number of nitrogens with one attached hydrogen (secondary N) is 1. The van der Waals surface area contributed by atoms with Crippen molar-refractivity contribution >= 4 is 28.9 Å². The monoisotopic (exact) mass is 329 g/mol. The quantitative estimate of drug-likeness (QED) is 0.620. The maximum atomic E-state index is 6.47. The zero-order valence-electron chi connectivity index (χ0n) is 12.3. The van der Waals surface area contributed by atoms with Gasteiger partial charge in [-0.2, -0.15) is 0 Å². The molecule has 3 atom stereocenters. The fourth-order valence-corrected chi connectivity index (χ4v) is 4.37. The molecule has 1 N–H and O–H groups in total. The molecule has 112 valence electrons. The second kappa shape index (κ2) is 5.33. The van der Waals surface area contributed by atoms with Crippen LogP contribution in [-0.2, 0) is 0 Å². The van der Waals surface area contributed by atoms with Crippen LogP contribution in [-0.4, -0.2) is 0 Å². The number of hydrogen-bond donors (Lipinski definition) is 1. The van der Waals surface area contributed by atoms with Crippen molar-refractivity contribution in [3.05, 3.63) is 75.3 Å². The van der Waals surface area contributed by atoms with Crippen molar-refractivity contribution < 1.29 is 0 Å². The van der Waals surface area contributed by atoms with Gasteiger partial charge < -0.3 is 5.32 Å². The molecule has 0 unspecified atom stereocenters. The molecular formula is C19H17Cl2N. The van der Waals surface area contributed by atoms with Crippen LogP contribution in [0.25, 0.3) is 0 Å². The van der Waals surface area contributed by atoms with Crippen LogP contribution in [0.1, 0.15) is 35.1 Å². The zero-order valence-corrected chi connectivity index (χ0v) is 13.8. The summed E-state index contributed by atoms with van der Waals surface area (Å²) in [7, 11) is 0. The Balaban J connectivity index is 1.82. The molecule has 4 rings (SSSR count). The molecule has 1 aliphatic carbocycles. The molecule has 2 aliphatic rings. The molecule has 22 heavy (non-hydrogen) atoms. The van der Waals surface area contributed by atoms with E-state index in [0.717, 1.165) is 17.1 Å². The number of rotatable bonds is 1. The van der Waals surface area contributed by atoms with E-state index in [4.69, 9.17) is 23.2 Å². The molecule has 0 amide bonds. The Kier molecular flexibility index (Phi) is 3.43. The minimum atomic E-state index is 0.294. The molecular weight excluding hydrogens is 313 g/mol. The normalized spacial score (nSPS) is 25.5. The van der Waals surface area contributed by atoms with Gasteiger partial charge in [-0.25, -0.2) is 0 Å². The summed E-state index contributed by atoms with van der Waals surface area (Å²) in [5.41, 5.74) is 4.86. The molecule has 0 saturated heterocycles. The third-order valence-electron chi connectivity index (χ3n) is 4.82. The molecule has 0 radical (unpaired) electrons. The number of aryl methyl sites for hydroxylation is 1. The second-order valence-electron chi connectivity index (χ2n) is 6.24. The minimum absolute atomic E-state index is 0.294. The maximum Gasteiger partial charge on any atom is 0.0553 e. The molecule has 0 fully saturated rings. The Labute approximate surface area is 140 Å². The smallest absolute Gasteiger partial charge is 0.0553 e. The summed E-state index contributed by atoms with van der Waals surface area (Å²) in [5, 5.41) is 5.12. The highest BCUT2D eigenvalue weighted by Gasteiger charge is 2.39. The van der Waals surface area contributed by atoms with Gasteiger partial charge in [0.05, 0.1) is 6.04 Å². The summed E-state index contributed by atoms with van der Waals surface area (Å²) >= 11 is 12.7. The molecule has 3 heteroatoms. The Morgan fingerprint density at radius 1 is 1.09 bits per heavy atom. The summed E-state index contributed by atoms with van der Waals surface area (Å²) in [4.78, 5) is 0. The number of anilines is 1. The average Bonchev–Trinajstić information content (AvgIpc) is 2.95. The third kappa shape index (κ3) is 2.24. The first-order chi connectivity index (χ1) is 10.6. The Bertz CT molecular complexity index is 749. The molecule has 2 aromatic carbocycles. The van der Waals surface area contributed by atoms with Crippen molar-refractivity contribution in [2.45, 2.75) is 25.3 Å². The van der Waals surface area contributed by atoms with Crippen molar-refractivity contribution in [1.29, 1.82) is 0 Å². The molecule has 0 bridgehead atoms. The first-order valence-corrected chi connectivity index (χ1v) is 8.38. The lowest BCUT2D eigenvalue weighted by Crippen LogP contribution is -2.29. The fourth-order valence-electron chi connectivity index (χ4n) is 3.75. The summed E-state index contributed by atoms with van der Waals surface area (Å²) < 4.78 is 0. The topological polar surface area (TPSA) is 12.0 Å². The fraction of sp³-hybridized carbons (Fsp3) is 0.263. The van der Waals surface area contributed by atoms with Crippen LogP contribution < -0.4 is 5.32 Å². The highest BCUT2D eigenvalue weighted by molar-refractivity contribution is 6.35. The summed E-state index contributed by atoms with van der Waals surface area (Å²) in [6.07, 6.45) is 5.65. The van der Waals surface area contributed by atoms with Gasteiger partial charge in [0.2, 0.25) is 0 Å². The van der Waals surface area contributed by atoms with Gasteiger partial charge in [-0.05, 0) is 37.0 Å². The SMILES string of the molecule is Cc1ccc([C@@H]2Nc3cc(Cl)cc(Cl)c3[C@H]3C=CC[C@H]32)cc1. The van der Waals surface area contributed by atoms with Crippen molar-refractivity contribution in [3.63, 3.8) is 0 Å².